The lowest BCUT2D eigenvalue weighted by molar-refractivity contribution is -0.129. The van der Waals surface area contributed by atoms with Gasteiger partial charge in [-0.05, 0) is 41.8 Å². The largest absolute Gasteiger partial charge is 0.355 e. The summed E-state index contributed by atoms with van der Waals surface area (Å²) in [4.78, 5) is 23.4. The van der Waals surface area contributed by atoms with Gasteiger partial charge in [0.05, 0.1) is 0 Å². The van der Waals surface area contributed by atoms with Crippen LogP contribution in [0.1, 0.15) is 17.5 Å². The molecule has 0 fully saturated rings. The van der Waals surface area contributed by atoms with Crippen LogP contribution in [-0.4, -0.2) is 18.4 Å². The summed E-state index contributed by atoms with van der Waals surface area (Å²) in [5.74, 6) is -0.977. The Morgan fingerprint density at radius 3 is 2.12 bits per heavy atom. The molecule has 24 heavy (non-hydrogen) atoms. The molecule has 0 saturated carbocycles. The van der Waals surface area contributed by atoms with Crippen molar-refractivity contribution in [2.45, 2.75) is 19.4 Å². The van der Waals surface area contributed by atoms with Crippen LogP contribution in [0.15, 0.2) is 48.5 Å². The van der Waals surface area contributed by atoms with Crippen LogP contribution in [0.4, 0.5) is 4.39 Å². The lowest BCUT2D eigenvalue weighted by atomic mass is 10.1. The Hall–Kier alpha value is -2.40. The van der Waals surface area contributed by atoms with Crippen LogP contribution in [0.3, 0.4) is 0 Å². The molecule has 0 aliphatic heterocycles. The molecule has 2 aromatic rings. The Morgan fingerprint density at radius 1 is 0.875 bits per heavy atom. The molecule has 126 valence electrons. The van der Waals surface area contributed by atoms with E-state index in [1.54, 1.807) is 24.3 Å². The summed E-state index contributed by atoms with van der Waals surface area (Å²) in [5.41, 5.74) is 1.83. The lowest BCUT2D eigenvalue weighted by Gasteiger charge is -2.07. The molecule has 4 nitrogen and oxygen atoms in total. The second-order valence-corrected chi connectivity index (χ2v) is 5.74. The molecule has 0 radical (unpaired) electrons. The summed E-state index contributed by atoms with van der Waals surface area (Å²) >= 11 is 5.78. The first-order chi connectivity index (χ1) is 11.5. The number of halogens is 2. The average Bonchev–Trinajstić information content (AvgIpc) is 2.56. The minimum absolute atomic E-state index is 0.225. The molecule has 2 N–H and O–H groups in total. The fraction of sp³-hybridized carbons (Fsp3) is 0.222. The first-order valence-corrected chi connectivity index (χ1v) is 7.93. The molecule has 0 saturated heterocycles. The van der Waals surface area contributed by atoms with Crippen molar-refractivity contribution in [1.82, 2.24) is 10.6 Å². The number of carbonyl (C=O) groups is 2. The maximum atomic E-state index is 12.8. The van der Waals surface area contributed by atoms with Crippen molar-refractivity contribution in [3.63, 3.8) is 0 Å². The summed E-state index contributed by atoms with van der Waals surface area (Å²) in [6, 6.07) is 13.2. The molecule has 2 aromatic carbocycles. The zero-order valence-corrected chi connectivity index (χ0v) is 13.8. The number of carbonyl (C=O) groups excluding carboxylic acids is 2. The standard InChI is InChI=1S/C18H18ClFN2O2/c19-15-5-1-14(2-6-15)12-22-18(24)11-17(23)21-10-9-13-3-7-16(20)8-4-13/h1-8H,9-12H2,(H,21,23)(H,22,24). The molecule has 0 spiro atoms. The van der Waals surface area contributed by atoms with Crippen molar-refractivity contribution in [3.05, 3.63) is 70.5 Å². The second-order valence-electron chi connectivity index (χ2n) is 5.31. The highest BCUT2D eigenvalue weighted by molar-refractivity contribution is 6.30. The topological polar surface area (TPSA) is 58.2 Å². The second kappa shape index (κ2) is 9.03. The Kier molecular flexibility index (Phi) is 6.75. The molecule has 0 bridgehead atoms. The number of hydrogen-bond acceptors (Lipinski definition) is 2. The third-order valence-corrected chi connectivity index (χ3v) is 3.63. The highest BCUT2D eigenvalue weighted by Crippen LogP contribution is 2.09. The smallest absolute Gasteiger partial charge is 0.229 e. The minimum Gasteiger partial charge on any atom is -0.355 e. The summed E-state index contributed by atoms with van der Waals surface area (Å²) in [7, 11) is 0. The van der Waals surface area contributed by atoms with Crippen LogP contribution in [0.25, 0.3) is 0 Å². The molecule has 0 aromatic heterocycles. The van der Waals surface area contributed by atoms with Crippen LogP contribution in [0.2, 0.25) is 5.02 Å². The zero-order valence-electron chi connectivity index (χ0n) is 13.0. The van der Waals surface area contributed by atoms with E-state index in [0.29, 0.717) is 24.5 Å². The molecule has 0 aliphatic rings. The van der Waals surface area contributed by atoms with E-state index in [2.05, 4.69) is 10.6 Å². The zero-order chi connectivity index (χ0) is 17.4. The monoisotopic (exact) mass is 348 g/mol. The van der Waals surface area contributed by atoms with Gasteiger partial charge in [0.15, 0.2) is 0 Å². The maximum Gasteiger partial charge on any atom is 0.229 e. The van der Waals surface area contributed by atoms with E-state index < -0.39 is 0 Å². The van der Waals surface area contributed by atoms with Crippen molar-refractivity contribution >= 4 is 23.4 Å². The van der Waals surface area contributed by atoms with Crippen LogP contribution < -0.4 is 10.6 Å². The van der Waals surface area contributed by atoms with E-state index in [-0.39, 0.29) is 24.1 Å². The molecular formula is C18H18ClFN2O2. The van der Waals surface area contributed by atoms with Gasteiger partial charge in [-0.25, -0.2) is 4.39 Å². The SMILES string of the molecule is O=C(CC(=O)NCc1ccc(Cl)cc1)NCCc1ccc(F)cc1. The molecular weight excluding hydrogens is 331 g/mol. The Balaban J connectivity index is 1.65. The fourth-order valence-electron chi connectivity index (χ4n) is 2.07. The number of amides is 2. The lowest BCUT2D eigenvalue weighted by Crippen LogP contribution is -2.32. The number of rotatable bonds is 7. The van der Waals surface area contributed by atoms with Crippen molar-refractivity contribution in [1.29, 1.82) is 0 Å². The number of hydrogen-bond donors (Lipinski definition) is 2. The first kappa shape index (κ1) is 17.9. The molecule has 0 unspecified atom stereocenters. The fourth-order valence-corrected chi connectivity index (χ4v) is 2.20. The van der Waals surface area contributed by atoms with Crippen molar-refractivity contribution < 1.29 is 14.0 Å². The van der Waals surface area contributed by atoms with Gasteiger partial charge in [0.25, 0.3) is 0 Å². The normalized spacial score (nSPS) is 10.2. The van der Waals surface area contributed by atoms with Gasteiger partial charge in [0, 0.05) is 18.1 Å². The van der Waals surface area contributed by atoms with Crippen LogP contribution in [0.5, 0.6) is 0 Å². The molecule has 0 heterocycles. The van der Waals surface area contributed by atoms with Gasteiger partial charge in [-0.1, -0.05) is 35.9 Å². The van der Waals surface area contributed by atoms with Gasteiger partial charge >= 0.3 is 0 Å². The minimum atomic E-state index is -0.343. The van der Waals surface area contributed by atoms with Crippen LogP contribution in [0, 0.1) is 5.82 Å². The highest BCUT2D eigenvalue weighted by atomic mass is 35.5. The Labute approximate surface area is 145 Å². The molecule has 2 rings (SSSR count). The van der Waals surface area contributed by atoms with E-state index in [1.807, 2.05) is 12.1 Å². The Bertz CT molecular complexity index is 687. The predicted octanol–water partition coefficient (Wildman–Crippen LogP) is 2.84. The van der Waals surface area contributed by atoms with E-state index >= 15 is 0 Å². The predicted molar refractivity (Wildman–Crippen MR) is 91.0 cm³/mol. The van der Waals surface area contributed by atoms with Crippen molar-refractivity contribution in [2.24, 2.45) is 0 Å². The average molecular weight is 349 g/mol. The molecule has 0 aliphatic carbocycles. The molecule has 6 heteroatoms. The Morgan fingerprint density at radius 2 is 1.46 bits per heavy atom. The summed E-state index contributed by atoms with van der Waals surface area (Å²) < 4.78 is 12.8. The number of nitrogens with one attached hydrogen (secondary N) is 2. The van der Waals surface area contributed by atoms with Gasteiger partial charge in [0.2, 0.25) is 11.8 Å². The van der Waals surface area contributed by atoms with E-state index in [0.717, 1.165) is 11.1 Å². The number of benzene rings is 2. The highest BCUT2D eigenvalue weighted by Gasteiger charge is 2.08. The summed E-state index contributed by atoms with van der Waals surface area (Å²) in [6.07, 6.45) is 0.357. The third-order valence-electron chi connectivity index (χ3n) is 3.37. The maximum absolute atomic E-state index is 12.8. The third kappa shape index (κ3) is 6.38. The summed E-state index contributed by atoms with van der Waals surface area (Å²) in [5, 5.41) is 5.98. The van der Waals surface area contributed by atoms with Gasteiger partial charge in [0.1, 0.15) is 12.2 Å². The summed E-state index contributed by atoms with van der Waals surface area (Å²) in [6.45, 7) is 0.744. The van der Waals surface area contributed by atoms with Crippen LogP contribution in [-0.2, 0) is 22.6 Å². The molecule has 0 atom stereocenters. The van der Waals surface area contributed by atoms with E-state index in [1.165, 1.54) is 12.1 Å². The van der Waals surface area contributed by atoms with Gasteiger partial charge in [-0.2, -0.15) is 0 Å². The van der Waals surface area contributed by atoms with Crippen molar-refractivity contribution in [2.75, 3.05) is 6.54 Å². The quantitative estimate of drug-likeness (QED) is 0.756. The van der Waals surface area contributed by atoms with Gasteiger partial charge < -0.3 is 10.6 Å². The van der Waals surface area contributed by atoms with E-state index in [9.17, 15) is 14.0 Å². The van der Waals surface area contributed by atoms with Gasteiger partial charge in [-0.3, -0.25) is 9.59 Å². The van der Waals surface area contributed by atoms with E-state index in [4.69, 9.17) is 11.6 Å². The molecule has 2 amide bonds. The van der Waals surface area contributed by atoms with Gasteiger partial charge in [-0.15, -0.1) is 0 Å². The van der Waals surface area contributed by atoms with Crippen LogP contribution >= 0.6 is 11.6 Å². The van der Waals surface area contributed by atoms with Crippen molar-refractivity contribution in [3.8, 4) is 0 Å². The first-order valence-electron chi connectivity index (χ1n) is 7.55.